The Kier molecular flexibility index (Phi) is 7.64. The van der Waals surface area contributed by atoms with E-state index in [0.29, 0.717) is 12.0 Å². The van der Waals surface area contributed by atoms with Crippen LogP contribution >= 0.6 is 15.9 Å². The fourth-order valence-electron chi connectivity index (χ4n) is 1.87. The quantitative estimate of drug-likeness (QED) is 0.529. The van der Waals surface area contributed by atoms with Gasteiger partial charge in [0.25, 0.3) is 0 Å². The van der Waals surface area contributed by atoms with Crippen molar-refractivity contribution in [3.8, 4) is 0 Å². The van der Waals surface area contributed by atoms with E-state index >= 15 is 0 Å². The molecule has 0 aromatic rings. The molecule has 0 aliphatic rings. The van der Waals surface area contributed by atoms with Crippen molar-refractivity contribution in [3.05, 3.63) is 21.8 Å². The Morgan fingerprint density at radius 1 is 1.41 bits per heavy atom. The minimum absolute atomic E-state index is 0.327. The third-order valence-corrected chi connectivity index (χ3v) is 3.75. The SMILES string of the molecule is C=N/C(C)=C(/C(Br)=C\C)C(C)N(C)CC(C)C. The van der Waals surface area contributed by atoms with E-state index in [9.17, 15) is 0 Å². The van der Waals surface area contributed by atoms with Gasteiger partial charge in [0, 0.05) is 28.3 Å². The van der Waals surface area contributed by atoms with Crippen molar-refractivity contribution in [2.45, 2.75) is 40.7 Å². The summed E-state index contributed by atoms with van der Waals surface area (Å²) < 4.78 is 1.10. The van der Waals surface area contributed by atoms with Crippen LogP contribution in [0.15, 0.2) is 26.8 Å². The van der Waals surface area contributed by atoms with E-state index in [-0.39, 0.29) is 0 Å². The molecule has 98 valence electrons. The number of nitrogens with zero attached hydrogens (tertiary/aromatic N) is 2. The lowest BCUT2D eigenvalue weighted by Gasteiger charge is -2.29. The summed E-state index contributed by atoms with van der Waals surface area (Å²) in [5.41, 5.74) is 2.20. The topological polar surface area (TPSA) is 15.6 Å². The molecule has 0 radical (unpaired) electrons. The van der Waals surface area contributed by atoms with E-state index in [0.717, 1.165) is 16.7 Å². The molecule has 0 aliphatic heterocycles. The van der Waals surface area contributed by atoms with Gasteiger partial charge >= 0.3 is 0 Å². The van der Waals surface area contributed by atoms with Crippen molar-refractivity contribution in [2.75, 3.05) is 13.6 Å². The van der Waals surface area contributed by atoms with Crippen LogP contribution < -0.4 is 0 Å². The smallest absolute Gasteiger partial charge is 0.0424 e. The van der Waals surface area contributed by atoms with Gasteiger partial charge in [-0.2, -0.15) is 0 Å². The molecule has 0 heterocycles. The Morgan fingerprint density at radius 3 is 2.29 bits per heavy atom. The van der Waals surface area contributed by atoms with Crippen LogP contribution in [0.2, 0.25) is 0 Å². The largest absolute Gasteiger partial charge is 0.299 e. The summed E-state index contributed by atoms with van der Waals surface area (Å²) in [6.07, 6.45) is 2.06. The predicted molar refractivity (Wildman–Crippen MR) is 81.9 cm³/mol. The predicted octanol–water partition coefficient (Wildman–Crippen LogP) is 4.24. The molecule has 0 rings (SSSR count). The molecule has 0 spiro atoms. The number of likely N-dealkylation sites (N-methyl/N-ethyl adjacent to an activating group) is 1. The number of aliphatic imine (C=N–C) groups is 1. The Balaban J connectivity index is 5.15. The average molecular weight is 301 g/mol. The zero-order valence-corrected chi connectivity index (χ0v) is 13.5. The summed E-state index contributed by atoms with van der Waals surface area (Å²) in [4.78, 5) is 6.42. The summed E-state index contributed by atoms with van der Waals surface area (Å²) in [5.74, 6) is 0.657. The minimum atomic E-state index is 0.327. The summed E-state index contributed by atoms with van der Waals surface area (Å²) in [5, 5.41) is 0. The molecule has 3 heteroatoms. The van der Waals surface area contributed by atoms with E-state index in [4.69, 9.17) is 0 Å². The van der Waals surface area contributed by atoms with Crippen LogP contribution in [-0.2, 0) is 0 Å². The number of halogens is 1. The average Bonchev–Trinajstić information content (AvgIpc) is 2.27. The molecular weight excluding hydrogens is 276 g/mol. The van der Waals surface area contributed by atoms with Gasteiger partial charge in [-0.05, 0) is 40.5 Å². The summed E-state index contributed by atoms with van der Waals surface area (Å²) in [6.45, 7) is 15.4. The maximum Gasteiger partial charge on any atom is 0.0424 e. The lowest BCUT2D eigenvalue weighted by atomic mass is 10.0. The molecule has 0 bridgehead atoms. The summed E-state index contributed by atoms with van der Waals surface area (Å²) >= 11 is 3.61. The number of rotatable bonds is 6. The molecule has 0 saturated heterocycles. The first-order valence-electron chi connectivity index (χ1n) is 6.05. The Labute approximate surface area is 115 Å². The van der Waals surface area contributed by atoms with Gasteiger partial charge in [0.15, 0.2) is 0 Å². The molecule has 0 N–H and O–H groups in total. The first-order valence-corrected chi connectivity index (χ1v) is 6.84. The standard InChI is InChI=1S/C14H25BrN2/c1-8-13(15)14(11(4)16-6)12(5)17(7)9-10(2)3/h8,10,12H,6,9H2,1-5,7H3/b13-8+,14-11+. The molecule has 1 atom stereocenters. The van der Waals surface area contributed by atoms with E-state index in [1.165, 1.54) is 5.57 Å². The van der Waals surface area contributed by atoms with Crippen LogP contribution in [0.5, 0.6) is 0 Å². The second kappa shape index (κ2) is 7.83. The fraction of sp³-hybridized carbons (Fsp3) is 0.643. The van der Waals surface area contributed by atoms with Gasteiger partial charge in [0.05, 0.1) is 0 Å². The first-order chi connectivity index (χ1) is 7.84. The van der Waals surface area contributed by atoms with Crippen LogP contribution in [-0.4, -0.2) is 31.3 Å². The second-order valence-corrected chi connectivity index (χ2v) is 5.66. The highest BCUT2D eigenvalue weighted by Crippen LogP contribution is 2.27. The van der Waals surface area contributed by atoms with Crippen molar-refractivity contribution in [1.29, 1.82) is 0 Å². The van der Waals surface area contributed by atoms with Gasteiger partial charge in [-0.25, -0.2) is 0 Å². The molecule has 0 aliphatic carbocycles. The molecule has 0 amide bonds. The second-order valence-electron chi connectivity index (χ2n) is 4.80. The monoisotopic (exact) mass is 300 g/mol. The Bertz CT molecular complexity index is 316. The molecular formula is C14H25BrN2. The van der Waals surface area contributed by atoms with Crippen LogP contribution in [0.25, 0.3) is 0 Å². The van der Waals surface area contributed by atoms with E-state index < -0.39 is 0 Å². The van der Waals surface area contributed by atoms with Gasteiger partial charge in [0.2, 0.25) is 0 Å². The van der Waals surface area contributed by atoms with Gasteiger partial charge in [0.1, 0.15) is 0 Å². The molecule has 1 unspecified atom stereocenters. The lowest BCUT2D eigenvalue weighted by molar-refractivity contribution is 0.257. The minimum Gasteiger partial charge on any atom is -0.299 e. The lowest BCUT2D eigenvalue weighted by Crippen LogP contribution is -2.34. The van der Waals surface area contributed by atoms with Crippen molar-refractivity contribution < 1.29 is 0 Å². The summed E-state index contributed by atoms with van der Waals surface area (Å²) in [6, 6.07) is 0.327. The zero-order valence-electron chi connectivity index (χ0n) is 11.9. The van der Waals surface area contributed by atoms with Crippen LogP contribution in [0.1, 0.15) is 34.6 Å². The van der Waals surface area contributed by atoms with Crippen LogP contribution in [0.3, 0.4) is 0 Å². The van der Waals surface area contributed by atoms with Gasteiger partial charge in [-0.1, -0.05) is 35.9 Å². The third kappa shape index (κ3) is 5.17. The van der Waals surface area contributed by atoms with E-state index in [2.05, 4.69) is 66.4 Å². The molecule has 0 aromatic heterocycles. The number of allylic oxidation sites excluding steroid dienone is 2. The maximum absolute atomic E-state index is 4.07. The highest BCUT2D eigenvalue weighted by atomic mass is 79.9. The van der Waals surface area contributed by atoms with E-state index in [1.54, 1.807) is 0 Å². The van der Waals surface area contributed by atoms with Gasteiger partial charge in [-0.3, -0.25) is 9.89 Å². The zero-order chi connectivity index (χ0) is 13.6. The van der Waals surface area contributed by atoms with Crippen molar-refractivity contribution >= 4 is 22.6 Å². The molecule has 0 aromatic carbocycles. The fourth-order valence-corrected chi connectivity index (χ4v) is 2.49. The molecule has 2 nitrogen and oxygen atoms in total. The normalized spacial score (nSPS) is 16.2. The van der Waals surface area contributed by atoms with Crippen LogP contribution in [0, 0.1) is 5.92 Å². The number of hydrogen-bond acceptors (Lipinski definition) is 2. The molecule has 0 saturated carbocycles. The Morgan fingerprint density at radius 2 is 1.94 bits per heavy atom. The van der Waals surface area contributed by atoms with Gasteiger partial charge < -0.3 is 0 Å². The Hall–Kier alpha value is -0.410. The molecule has 17 heavy (non-hydrogen) atoms. The highest BCUT2D eigenvalue weighted by Gasteiger charge is 2.19. The van der Waals surface area contributed by atoms with Crippen molar-refractivity contribution in [1.82, 2.24) is 4.90 Å². The highest BCUT2D eigenvalue weighted by molar-refractivity contribution is 9.12. The van der Waals surface area contributed by atoms with Crippen molar-refractivity contribution in [3.63, 3.8) is 0 Å². The maximum atomic E-state index is 4.07. The van der Waals surface area contributed by atoms with Gasteiger partial charge in [-0.15, -0.1) is 0 Å². The molecule has 0 fully saturated rings. The summed E-state index contributed by atoms with van der Waals surface area (Å²) in [7, 11) is 2.15. The van der Waals surface area contributed by atoms with Crippen LogP contribution in [0.4, 0.5) is 0 Å². The number of hydrogen-bond donors (Lipinski definition) is 0. The third-order valence-electron chi connectivity index (χ3n) is 2.87. The van der Waals surface area contributed by atoms with E-state index in [1.807, 2.05) is 13.8 Å². The van der Waals surface area contributed by atoms with Crippen molar-refractivity contribution in [2.24, 2.45) is 10.9 Å². The first kappa shape index (κ1) is 16.6.